The summed E-state index contributed by atoms with van der Waals surface area (Å²) in [5.74, 6) is 2.87. The molecule has 0 aliphatic carbocycles. The van der Waals surface area contributed by atoms with Crippen molar-refractivity contribution < 1.29 is 14.2 Å². The molecule has 0 aliphatic heterocycles. The number of methoxy groups -OCH3 is 3. The number of hydrogen-bond donors (Lipinski definition) is 1. The third-order valence-electron chi connectivity index (χ3n) is 2.99. The predicted octanol–water partition coefficient (Wildman–Crippen LogP) is 3.48. The summed E-state index contributed by atoms with van der Waals surface area (Å²) in [6, 6.07) is 7.48. The maximum absolute atomic E-state index is 5.41. The first-order chi connectivity index (χ1) is 10.2. The van der Waals surface area contributed by atoms with E-state index in [0.717, 1.165) is 15.9 Å². The Morgan fingerprint density at radius 2 is 1.71 bits per heavy atom. The van der Waals surface area contributed by atoms with Gasteiger partial charge in [0.15, 0.2) is 0 Å². The molecule has 21 heavy (non-hydrogen) atoms. The molecule has 1 aromatic carbocycles. The number of rotatable bonds is 6. The highest BCUT2D eigenvalue weighted by molar-refractivity contribution is 9.10. The summed E-state index contributed by atoms with van der Waals surface area (Å²) in [5, 5.41) is 3.24. The van der Waals surface area contributed by atoms with Crippen LogP contribution in [0, 0.1) is 0 Å². The van der Waals surface area contributed by atoms with Gasteiger partial charge in [-0.3, -0.25) is 0 Å². The summed E-state index contributed by atoms with van der Waals surface area (Å²) >= 11 is 3.36. The topological polar surface area (TPSA) is 52.6 Å². The molecule has 0 fully saturated rings. The molecule has 0 atom stereocenters. The average molecular weight is 353 g/mol. The van der Waals surface area contributed by atoms with Gasteiger partial charge in [-0.2, -0.15) is 0 Å². The fraction of sp³-hybridized carbons (Fsp3) is 0.267. The van der Waals surface area contributed by atoms with Crippen molar-refractivity contribution in [2.24, 2.45) is 0 Å². The molecular formula is C15H17BrN2O3. The molecule has 0 bridgehead atoms. The van der Waals surface area contributed by atoms with Crippen LogP contribution < -0.4 is 19.5 Å². The van der Waals surface area contributed by atoms with E-state index in [9.17, 15) is 0 Å². The summed E-state index contributed by atoms with van der Waals surface area (Å²) in [5.41, 5.74) is 0.908. The van der Waals surface area contributed by atoms with Crippen molar-refractivity contribution in [2.45, 2.75) is 6.54 Å². The van der Waals surface area contributed by atoms with Gasteiger partial charge >= 0.3 is 0 Å². The molecule has 112 valence electrons. The molecule has 2 aromatic rings. The number of hydrogen-bond acceptors (Lipinski definition) is 5. The van der Waals surface area contributed by atoms with Gasteiger partial charge in [-0.05, 0) is 28.1 Å². The van der Waals surface area contributed by atoms with E-state index >= 15 is 0 Å². The molecule has 6 heteroatoms. The first-order valence-corrected chi connectivity index (χ1v) is 7.11. The molecule has 5 nitrogen and oxygen atoms in total. The van der Waals surface area contributed by atoms with E-state index in [2.05, 4.69) is 26.2 Å². The van der Waals surface area contributed by atoms with Crippen LogP contribution in [0.3, 0.4) is 0 Å². The van der Waals surface area contributed by atoms with Crippen molar-refractivity contribution in [1.29, 1.82) is 0 Å². The van der Waals surface area contributed by atoms with E-state index in [1.54, 1.807) is 27.5 Å². The second kappa shape index (κ2) is 7.17. The molecule has 0 saturated heterocycles. The fourth-order valence-electron chi connectivity index (χ4n) is 1.91. The largest absolute Gasteiger partial charge is 0.496 e. The zero-order valence-corrected chi connectivity index (χ0v) is 13.7. The maximum atomic E-state index is 5.41. The summed E-state index contributed by atoms with van der Waals surface area (Å²) in [6.07, 6.45) is 1.74. The van der Waals surface area contributed by atoms with Crippen molar-refractivity contribution in [2.75, 3.05) is 26.6 Å². The monoisotopic (exact) mass is 352 g/mol. The fourth-order valence-corrected chi connectivity index (χ4v) is 2.15. The van der Waals surface area contributed by atoms with E-state index in [1.807, 2.05) is 24.3 Å². The third-order valence-corrected chi connectivity index (χ3v) is 3.46. The van der Waals surface area contributed by atoms with Gasteiger partial charge in [0, 0.05) is 29.3 Å². The lowest BCUT2D eigenvalue weighted by molar-refractivity contribution is 0.369. The Bertz CT molecular complexity index is 577. The number of pyridine rings is 1. The van der Waals surface area contributed by atoms with Gasteiger partial charge in [0.2, 0.25) is 0 Å². The smallest absolute Gasteiger partial charge is 0.131 e. The van der Waals surface area contributed by atoms with Crippen LogP contribution in [0.1, 0.15) is 5.56 Å². The Labute approximate surface area is 132 Å². The number of nitrogens with zero attached hydrogens (tertiary/aromatic N) is 1. The second-order valence-electron chi connectivity index (χ2n) is 4.23. The van der Waals surface area contributed by atoms with Crippen LogP contribution in [0.2, 0.25) is 0 Å². The third kappa shape index (κ3) is 3.78. The van der Waals surface area contributed by atoms with E-state index in [0.29, 0.717) is 23.8 Å². The van der Waals surface area contributed by atoms with E-state index in [1.165, 1.54) is 0 Å². The summed E-state index contributed by atoms with van der Waals surface area (Å²) < 4.78 is 17.0. The van der Waals surface area contributed by atoms with E-state index < -0.39 is 0 Å². The maximum Gasteiger partial charge on any atom is 0.131 e. The number of aromatic nitrogens is 1. The average Bonchev–Trinajstić information content (AvgIpc) is 2.53. The highest BCUT2D eigenvalue weighted by Crippen LogP contribution is 2.34. The standard InChI is InChI=1S/C15H17BrN2O3/c1-19-11-6-13(20-2)12(14(7-11)21-3)9-18-15-5-4-10(16)8-17-15/h4-8H,9H2,1-3H3,(H,17,18). The summed E-state index contributed by atoms with van der Waals surface area (Å²) in [6.45, 7) is 0.533. The zero-order valence-electron chi connectivity index (χ0n) is 12.1. The van der Waals surface area contributed by atoms with E-state index in [4.69, 9.17) is 14.2 Å². The highest BCUT2D eigenvalue weighted by atomic mass is 79.9. The molecule has 0 amide bonds. The van der Waals surface area contributed by atoms with Gasteiger partial charge in [-0.1, -0.05) is 0 Å². The van der Waals surface area contributed by atoms with Gasteiger partial charge in [0.05, 0.1) is 26.9 Å². The molecule has 1 aromatic heterocycles. The van der Waals surface area contributed by atoms with Crippen LogP contribution in [-0.2, 0) is 6.54 Å². The number of nitrogens with one attached hydrogen (secondary N) is 1. The quantitative estimate of drug-likeness (QED) is 0.862. The van der Waals surface area contributed by atoms with Gasteiger partial charge in [-0.25, -0.2) is 4.98 Å². The van der Waals surface area contributed by atoms with Crippen molar-refractivity contribution >= 4 is 21.7 Å². The first-order valence-electron chi connectivity index (χ1n) is 6.32. The predicted molar refractivity (Wildman–Crippen MR) is 85.4 cm³/mol. The van der Waals surface area contributed by atoms with Crippen LogP contribution in [-0.4, -0.2) is 26.3 Å². The summed E-state index contributed by atoms with van der Waals surface area (Å²) in [7, 11) is 4.85. The van der Waals surface area contributed by atoms with Gasteiger partial charge in [-0.15, -0.1) is 0 Å². The molecule has 1 heterocycles. The van der Waals surface area contributed by atoms with Crippen LogP contribution in [0.15, 0.2) is 34.9 Å². The molecule has 0 radical (unpaired) electrons. The number of ether oxygens (including phenoxy) is 3. The van der Waals surface area contributed by atoms with Gasteiger partial charge in [0.25, 0.3) is 0 Å². The van der Waals surface area contributed by atoms with Crippen molar-refractivity contribution in [3.63, 3.8) is 0 Å². The molecule has 1 N–H and O–H groups in total. The zero-order chi connectivity index (χ0) is 15.2. The van der Waals surface area contributed by atoms with Crippen molar-refractivity contribution in [3.8, 4) is 17.2 Å². The highest BCUT2D eigenvalue weighted by Gasteiger charge is 2.13. The van der Waals surface area contributed by atoms with Gasteiger partial charge in [0.1, 0.15) is 23.1 Å². The minimum absolute atomic E-state index is 0.533. The lowest BCUT2D eigenvalue weighted by Gasteiger charge is -2.15. The minimum Gasteiger partial charge on any atom is -0.496 e. The van der Waals surface area contributed by atoms with Gasteiger partial charge < -0.3 is 19.5 Å². The Hall–Kier alpha value is -1.95. The minimum atomic E-state index is 0.533. The van der Waals surface area contributed by atoms with Crippen LogP contribution in [0.4, 0.5) is 5.82 Å². The molecule has 2 rings (SSSR count). The Balaban J connectivity index is 2.23. The first kappa shape index (κ1) is 15.4. The molecule has 0 aliphatic rings. The second-order valence-corrected chi connectivity index (χ2v) is 5.14. The van der Waals surface area contributed by atoms with Crippen LogP contribution in [0.5, 0.6) is 17.2 Å². The molecule has 0 unspecified atom stereocenters. The lowest BCUT2D eigenvalue weighted by Crippen LogP contribution is -2.05. The number of halogens is 1. The Morgan fingerprint density at radius 1 is 1.05 bits per heavy atom. The Kier molecular flexibility index (Phi) is 5.27. The van der Waals surface area contributed by atoms with Crippen LogP contribution >= 0.6 is 15.9 Å². The summed E-state index contributed by atoms with van der Waals surface area (Å²) in [4.78, 5) is 4.27. The van der Waals surface area contributed by atoms with Crippen molar-refractivity contribution in [1.82, 2.24) is 4.98 Å². The van der Waals surface area contributed by atoms with Crippen LogP contribution in [0.25, 0.3) is 0 Å². The SMILES string of the molecule is COc1cc(OC)c(CNc2ccc(Br)cn2)c(OC)c1. The van der Waals surface area contributed by atoms with E-state index in [-0.39, 0.29) is 0 Å². The number of benzene rings is 1. The normalized spacial score (nSPS) is 10.1. The molecule has 0 spiro atoms. The Morgan fingerprint density at radius 3 is 2.19 bits per heavy atom. The van der Waals surface area contributed by atoms with Crippen molar-refractivity contribution in [3.05, 3.63) is 40.5 Å². The number of anilines is 1. The molecular weight excluding hydrogens is 336 g/mol. The molecule has 0 saturated carbocycles. The lowest BCUT2D eigenvalue weighted by atomic mass is 10.1.